The molecule has 0 aromatic carbocycles. The molecule has 2 N–H and O–H groups in total. The van der Waals surface area contributed by atoms with E-state index >= 15 is 0 Å². The zero-order valence-corrected chi connectivity index (χ0v) is 13.3. The van der Waals surface area contributed by atoms with Crippen molar-refractivity contribution in [3.63, 3.8) is 0 Å². The number of aliphatic hydroxyl groups excluding tert-OH is 1. The van der Waals surface area contributed by atoms with Crippen molar-refractivity contribution in [2.75, 3.05) is 12.4 Å². The summed E-state index contributed by atoms with van der Waals surface area (Å²) in [4.78, 5) is 4.43. The Morgan fingerprint density at radius 3 is 2.78 bits per heavy atom. The molecule has 1 aromatic heterocycles. The van der Waals surface area contributed by atoms with Crippen LogP contribution in [0.25, 0.3) is 0 Å². The molecule has 104 valence electrons. The summed E-state index contributed by atoms with van der Waals surface area (Å²) < 4.78 is 1.15. The van der Waals surface area contributed by atoms with Crippen molar-refractivity contribution >= 4 is 23.1 Å². The van der Waals surface area contributed by atoms with Crippen molar-refractivity contribution in [3.8, 4) is 0 Å². The monoisotopic (exact) mass is 288 g/mol. The number of nitrogens with zero attached hydrogens (tertiary/aromatic N) is 1. The van der Waals surface area contributed by atoms with E-state index in [0.29, 0.717) is 6.04 Å². The number of aryl methyl sites for hydroxylation is 1. The normalized spacial score (nSPS) is 15.0. The van der Waals surface area contributed by atoms with Crippen molar-refractivity contribution in [2.45, 2.75) is 56.5 Å². The van der Waals surface area contributed by atoms with Crippen LogP contribution in [0.15, 0.2) is 9.72 Å². The van der Waals surface area contributed by atoms with E-state index < -0.39 is 0 Å². The van der Waals surface area contributed by atoms with Crippen molar-refractivity contribution in [1.29, 1.82) is 0 Å². The number of aromatic nitrogens is 1. The zero-order valence-electron chi connectivity index (χ0n) is 11.7. The summed E-state index contributed by atoms with van der Waals surface area (Å²) in [7, 11) is 0. The minimum atomic E-state index is -0.159. The van der Waals surface area contributed by atoms with Crippen molar-refractivity contribution in [3.05, 3.63) is 11.1 Å². The summed E-state index contributed by atoms with van der Waals surface area (Å²) in [5, 5.41) is 15.0. The van der Waals surface area contributed by atoms with E-state index in [-0.39, 0.29) is 12.1 Å². The molecule has 0 aliphatic rings. The van der Waals surface area contributed by atoms with Crippen LogP contribution in [0, 0.1) is 6.92 Å². The van der Waals surface area contributed by atoms with Gasteiger partial charge in [-0.3, -0.25) is 0 Å². The Kier molecular flexibility index (Phi) is 6.63. The molecule has 1 aromatic rings. The van der Waals surface area contributed by atoms with Gasteiger partial charge >= 0.3 is 0 Å². The Bertz CT molecular complexity index is 355. The molecule has 1 heterocycles. The maximum absolute atomic E-state index is 9.47. The van der Waals surface area contributed by atoms with Gasteiger partial charge in [0.05, 0.1) is 6.61 Å². The van der Waals surface area contributed by atoms with Gasteiger partial charge in [-0.1, -0.05) is 25.6 Å². The smallest absolute Gasteiger partial charge is 0.150 e. The lowest BCUT2D eigenvalue weighted by Crippen LogP contribution is -2.49. The number of thiazole rings is 1. The van der Waals surface area contributed by atoms with Crippen LogP contribution < -0.4 is 5.32 Å². The van der Waals surface area contributed by atoms with E-state index in [4.69, 9.17) is 0 Å². The van der Waals surface area contributed by atoms with Crippen molar-refractivity contribution in [1.82, 2.24) is 10.3 Å². The molecule has 0 saturated heterocycles. The molecule has 0 spiro atoms. The van der Waals surface area contributed by atoms with Gasteiger partial charge in [0.25, 0.3) is 0 Å². The van der Waals surface area contributed by atoms with Gasteiger partial charge < -0.3 is 10.4 Å². The molecule has 0 aliphatic carbocycles. The first-order valence-corrected chi connectivity index (χ1v) is 8.25. The summed E-state index contributed by atoms with van der Waals surface area (Å²) in [6.07, 6.45) is 2.07. The van der Waals surface area contributed by atoms with E-state index in [0.717, 1.165) is 28.6 Å². The predicted octanol–water partition coefficient (Wildman–Crippen LogP) is 3.07. The Morgan fingerprint density at radius 1 is 1.56 bits per heavy atom. The fourth-order valence-corrected chi connectivity index (χ4v) is 3.77. The van der Waals surface area contributed by atoms with Crippen LogP contribution in [0.1, 0.15) is 39.3 Å². The van der Waals surface area contributed by atoms with Crippen LogP contribution >= 0.6 is 23.1 Å². The third-order valence-corrected chi connectivity index (χ3v) is 4.91. The fourth-order valence-electron chi connectivity index (χ4n) is 1.91. The highest BCUT2D eigenvalue weighted by Gasteiger charge is 2.23. The number of thioether (sulfide) groups is 1. The topological polar surface area (TPSA) is 45.1 Å². The first-order chi connectivity index (χ1) is 8.45. The van der Waals surface area contributed by atoms with Crippen LogP contribution in [0.4, 0.5) is 0 Å². The molecule has 18 heavy (non-hydrogen) atoms. The lowest BCUT2D eigenvalue weighted by Gasteiger charge is -2.31. The minimum absolute atomic E-state index is 0.159. The molecule has 1 rings (SSSR count). The van der Waals surface area contributed by atoms with Crippen LogP contribution in [0.3, 0.4) is 0 Å². The SMILES string of the molecule is Cc1csc(SCCCC(C)(CO)NC(C)C)n1. The number of hydrogen-bond acceptors (Lipinski definition) is 5. The largest absolute Gasteiger partial charge is 0.394 e. The summed E-state index contributed by atoms with van der Waals surface area (Å²) in [6, 6.07) is 0.399. The minimum Gasteiger partial charge on any atom is -0.394 e. The van der Waals surface area contributed by atoms with E-state index in [2.05, 4.69) is 36.5 Å². The summed E-state index contributed by atoms with van der Waals surface area (Å²) in [6.45, 7) is 8.52. The van der Waals surface area contributed by atoms with Gasteiger partial charge in [-0.15, -0.1) is 11.3 Å². The first-order valence-electron chi connectivity index (χ1n) is 6.39. The maximum Gasteiger partial charge on any atom is 0.150 e. The van der Waals surface area contributed by atoms with Crippen molar-refractivity contribution in [2.24, 2.45) is 0 Å². The number of hydrogen-bond donors (Lipinski definition) is 2. The highest BCUT2D eigenvalue weighted by Crippen LogP contribution is 2.24. The number of nitrogens with one attached hydrogen (secondary N) is 1. The highest BCUT2D eigenvalue weighted by molar-refractivity contribution is 8.00. The van der Waals surface area contributed by atoms with Gasteiger partial charge in [0.15, 0.2) is 0 Å². The van der Waals surface area contributed by atoms with Gasteiger partial charge in [-0.05, 0) is 26.7 Å². The predicted molar refractivity (Wildman–Crippen MR) is 80.6 cm³/mol. The Morgan fingerprint density at radius 2 is 2.28 bits per heavy atom. The third-order valence-electron chi connectivity index (χ3n) is 2.68. The number of rotatable bonds is 8. The molecule has 1 unspecified atom stereocenters. The lowest BCUT2D eigenvalue weighted by atomic mass is 9.96. The summed E-state index contributed by atoms with van der Waals surface area (Å²) in [5.41, 5.74) is 0.942. The van der Waals surface area contributed by atoms with Gasteiger partial charge in [-0.25, -0.2) is 4.98 Å². The van der Waals surface area contributed by atoms with E-state index in [1.54, 1.807) is 11.3 Å². The molecule has 0 bridgehead atoms. The first kappa shape index (κ1) is 16.0. The number of aliphatic hydroxyl groups is 1. The quantitative estimate of drug-likeness (QED) is 0.570. The third kappa shape index (κ3) is 5.69. The second-order valence-corrected chi connectivity index (χ2v) is 7.42. The maximum atomic E-state index is 9.47. The molecule has 0 radical (unpaired) electrons. The molecular weight excluding hydrogens is 264 g/mol. The van der Waals surface area contributed by atoms with Crippen LogP contribution in [0.5, 0.6) is 0 Å². The van der Waals surface area contributed by atoms with E-state index in [1.807, 2.05) is 18.7 Å². The molecule has 0 amide bonds. The van der Waals surface area contributed by atoms with E-state index in [1.165, 1.54) is 0 Å². The average molecular weight is 288 g/mol. The van der Waals surface area contributed by atoms with Gasteiger partial charge in [0.1, 0.15) is 4.34 Å². The van der Waals surface area contributed by atoms with Gasteiger partial charge in [-0.2, -0.15) is 0 Å². The molecule has 0 fully saturated rings. The van der Waals surface area contributed by atoms with Gasteiger partial charge in [0.2, 0.25) is 0 Å². The van der Waals surface area contributed by atoms with Crippen LogP contribution in [-0.4, -0.2) is 34.0 Å². The molecule has 1 atom stereocenters. The zero-order chi connectivity index (χ0) is 13.6. The Labute approximate surface area is 118 Å². The van der Waals surface area contributed by atoms with Crippen molar-refractivity contribution < 1.29 is 5.11 Å². The second-order valence-electron chi connectivity index (χ2n) is 5.22. The lowest BCUT2D eigenvalue weighted by molar-refractivity contribution is 0.156. The molecule has 0 saturated carbocycles. The fraction of sp³-hybridized carbons (Fsp3) is 0.769. The molecule has 3 nitrogen and oxygen atoms in total. The molecular formula is C13H24N2OS2. The Balaban J connectivity index is 2.27. The summed E-state index contributed by atoms with van der Waals surface area (Å²) >= 11 is 3.52. The summed E-state index contributed by atoms with van der Waals surface area (Å²) in [5.74, 6) is 1.06. The molecule has 5 heteroatoms. The standard InChI is InChI=1S/C13H24N2OS2/c1-10(2)15-13(4,9-16)6-5-7-17-12-14-11(3)8-18-12/h8,10,15-16H,5-7,9H2,1-4H3. The second kappa shape index (κ2) is 7.48. The van der Waals surface area contributed by atoms with Crippen LogP contribution in [-0.2, 0) is 0 Å². The average Bonchev–Trinajstić information content (AvgIpc) is 2.70. The Hall–Kier alpha value is -0.100. The highest BCUT2D eigenvalue weighted by atomic mass is 32.2. The van der Waals surface area contributed by atoms with Gasteiger partial charge in [0, 0.05) is 28.4 Å². The molecule has 0 aliphatic heterocycles. The van der Waals surface area contributed by atoms with E-state index in [9.17, 15) is 5.11 Å². The van der Waals surface area contributed by atoms with Crippen LogP contribution in [0.2, 0.25) is 0 Å².